The number of rotatable bonds is 9. The molecule has 1 atom stereocenters. The molecule has 2 aromatic carbocycles. The highest BCUT2D eigenvalue weighted by Crippen LogP contribution is 2.33. The lowest BCUT2D eigenvalue weighted by molar-refractivity contribution is 0.340. The summed E-state index contributed by atoms with van der Waals surface area (Å²) in [7, 11) is 0. The minimum Gasteiger partial charge on any atom is -0.494 e. The van der Waals surface area contributed by atoms with Crippen LogP contribution >= 0.6 is 0 Å². The van der Waals surface area contributed by atoms with Gasteiger partial charge in [0, 0.05) is 0 Å². The summed E-state index contributed by atoms with van der Waals surface area (Å²) in [5, 5.41) is 0. The summed E-state index contributed by atoms with van der Waals surface area (Å²) in [6, 6.07) is 17.5. The molecule has 0 fully saturated rings. The van der Waals surface area contributed by atoms with E-state index in [4.69, 9.17) is 4.74 Å². The standard InChI is InChI=1S/C26H34O/c1-3-5-6-7-8-21-9-11-22(12-10-21)23-13-15-24(16-14-23)25-17-19-26(20-18-25)27-4-2/h11,13-21H,3-10,12H2,1-2H3. The number of unbranched alkanes of at least 4 members (excludes halogenated alkanes) is 3. The van der Waals surface area contributed by atoms with Crippen molar-refractivity contribution in [2.24, 2.45) is 5.92 Å². The zero-order valence-corrected chi connectivity index (χ0v) is 17.0. The number of ether oxygens (including phenoxy) is 1. The van der Waals surface area contributed by atoms with Gasteiger partial charge in [-0.25, -0.2) is 0 Å². The molecule has 1 heteroatoms. The molecule has 1 unspecified atom stereocenters. The quantitative estimate of drug-likeness (QED) is 0.412. The molecule has 2 aromatic rings. The molecule has 27 heavy (non-hydrogen) atoms. The van der Waals surface area contributed by atoms with Gasteiger partial charge in [0.25, 0.3) is 0 Å². The molecule has 0 N–H and O–H groups in total. The van der Waals surface area contributed by atoms with Gasteiger partial charge in [-0.1, -0.05) is 81.5 Å². The van der Waals surface area contributed by atoms with Crippen LogP contribution in [0.25, 0.3) is 16.7 Å². The Morgan fingerprint density at radius 1 is 0.815 bits per heavy atom. The molecular formula is C26H34O. The number of benzene rings is 2. The monoisotopic (exact) mass is 362 g/mol. The molecule has 1 nitrogen and oxygen atoms in total. The number of hydrogen-bond acceptors (Lipinski definition) is 1. The average Bonchev–Trinajstić information content (AvgIpc) is 2.73. The average molecular weight is 363 g/mol. The first-order chi connectivity index (χ1) is 13.3. The van der Waals surface area contributed by atoms with Crippen LogP contribution in [0.2, 0.25) is 0 Å². The molecule has 3 rings (SSSR count). The summed E-state index contributed by atoms with van der Waals surface area (Å²) in [6.45, 7) is 5.01. The normalized spacial score (nSPS) is 16.8. The molecule has 0 aromatic heterocycles. The lowest BCUT2D eigenvalue weighted by Gasteiger charge is -2.22. The van der Waals surface area contributed by atoms with Crippen molar-refractivity contribution >= 4 is 5.57 Å². The number of allylic oxidation sites excluding steroid dienone is 2. The van der Waals surface area contributed by atoms with Crippen molar-refractivity contribution in [3.8, 4) is 16.9 Å². The minimum absolute atomic E-state index is 0.711. The Hall–Kier alpha value is -2.02. The topological polar surface area (TPSA) is 9.23 Å². The van der Waals surface area contributed by atoms with Crippen LogP contribution in [-0.2, 0) is 0 Å². The van der Waals surface area contributed by atoms with Gasteiger partial charge in [-0.2, -0.15) is 0 Å². The van der Waals surface area contributed by atoms with Crippen LogP contribution in [0.5, 0.6) is 5.75 Å². The van der Waals surface area contributed by atoms with Crippen molar-refractivity contribution in [3.05, 3.63) is 60.2 Å². The molecule has 0 amide bonds. The molecule has 0 spiro atoms. The summed E-state index contributed by atoms with van der Waals surface area (Å²) < 4.78 is 5.53. The van der Waals surface area contributed by atoms with Crippen molar-refractivity contribution in [1.29, 1.82) is 0 Å². The molecule has 0 radical (unpaired) electrons. The van der Waals surface area contributed by atoms with Crippen molar-refractivity contribution in [3.63, 3.8) is 0 Å². The van der Waals surface area contributed by atoms with E-state index in [-0.39, 0.29) is 0 Å². The maximum absolute atomic E-state index is 5.53. The maximum Gasteiger partial charge on any atom is 0.119 e. The number of hydrogen-bond donors (Lipinski definition) is 0. The summed E-state index contributed by atoms with van der Waals surface area (Å²) in [4.78, 5) is 0. The van der Waals surface area contributed by atoms with E-state index in [2.05, 4.69) is 61.5 Å². The molecule has 0 saturated carbocycles. The summed E-state index contributed by atoms with van der Waals surface area (Å²) in [5.74, 6) is 1.85. The molecule has 0 saturated heterocycles. The highest BCUT2D eigenvalue weighted by atomic mass is 16.5. The third-order valence-electron chi connectivity index (χ3n) is 5.74. The zero-order chi connectivity index (χ0) is 18.9. The largest absolute Gasteiger partial charge is 0.494 e. The van der Waals surface area contributed by atoms with Gasteiger partial charge in [-0.15, -0.1) is 0 Å². The van der Waals surface area contributed by atoms with Crippen molar-refractivity contribution in [2.45, 2.75) is 65.2 Å². The first-order valence-corrected chi connectivity index (χ1v) is 10.8. The predicted octanol–water partition coefficient (Wildman–Crippen LogP) is 7.91. The van der Waals surface area contributed by atoms with Crippen LogP contribution in [0.15, 0.2) is 54.6 Å². The van der Waals surface area contributed by atoms with E-state index in [0.29, 0.717) is 6.61 Å². The Morgan fingerprint density at radius 3 is 2.07 bits per heavy atom. The molecule has 0 bridgehead atoms. The second-order valence-electron chi connectivity index (χ2n) is 7.75. The van der Waals surface area contributed by atoms with E-state index in [9.17, 15) is 0 Å². The lowest BCUT2D eigenvalue weighted by Crippen LogP contribution is -2.05. The van der Waals surface area contributed by atoms with E-state index in [1.165, 1.54) is 73.6 Å². The summed E-state index contributed by atoms with van der Waals surface area (Å²) >= 11 is 0. The van der Waals surface area contributed by atoms with Crippen LogP contribution in [0.1, 0.15) is 70.8 Å². The van der Waals surface area contributed by atoms with Gasteiger partial charge in [0.2, 0.25) is 0 Å². The Bertz CT molecular complexity index is 709. The van der Waals surface area contributed by atoms with Gasteiger partial charge in [0.05, 0.1) is 6.61 Å². The van der Waals surface area contributed by atoms with E-state index in [1.54, 1.807) is 0 Å². The third-order valence-corrected chi connectivity index (χ3v) is 5.74. The van der Waals surface area contributed by atoms with Gasteiger partial charge >= 0.3 is 0 Å². The van der Waals surface area contributed by atoms with Crippen LogP contribution in [0.3, 0.4) is 0 Å². The second-order valence-corrected chi connectivity index (χ2v) is 7.75. The second kappa shape index (κ2) is 10.3. The minimum atomic E-state index is 0.711. The van der Waals surface area contributed by atoms with Gasteiger partial charge in [-0.3, -0.25) is 0 Å². The third kappa shape index (κ3) is 5.73. The van der Waals surface area contributed by atoms with Crippen LogP contribution in [-0.4, -0.2) is 6.61 Å². The van der Waals surface area contributed by atoms with E-state index in [1.807, 2.05) is 6.92 Å². The Balaban J connectivity index is 1.56. The predicted molar refractivity (Wildman–Crippen MR) is 117 cm³/mol. The zero-order valence-electron chi connectivity index (χ0n) is 17.0. The lowest BCUT2D eigenvalue weighted by atomic mass is 9.83. The molecular weight excluding hydrogens is 328 g/mol. The van der Waals surface area contributed by atoms with Crippen molar-refractivity contribution in [2.75, 3.05) is 6.61 Å². The van der Waals surface area contributed by atoms with Crippen molar-refractivity contribution in [1.82, 2.24) is 0 Å². The maximum atomic E-state index is 5.53. The van der Waals surface area contributed by atoms with Gasteiger partial charge < -0.3 is 4.74 Å². The first kappa shape index (κ1) is 19.7. The Labute approximate surface area is 165 Å². The van der Waals surface area contributed by atoms with E-state index >= 15 is 0 Å². The fourth-order valence-corrected chi connectivity index (χ4v) is 4.06. The smallest absolute Gasteiger partial charge is 0.119 e. The van der Waals surface area contributed by atoms with E-state index in [0.717, 1.165) is 11.7 Å². The molecule has 144 valence electrons. The van der Waals surface area contributed by atoms with Crippen LogP contribution < -0.4 is 4.74 Å². The van der Waals surface area contributed by atoms with E-state index < -0.39 is 0 Å². The molecule has 0 aliphatic heterocycles. The van der Waals surface area contributed by atoms with Gasteiger partial charge in [0.15, 0.2) is 0 Å². The molecule has 1 aliphatic rings. The summed E-state index contributed by atoms with van der Waals surface area (Å²) in [6.07, 6.45) is 13.3. The fraction of sp³-hybridized carbons (Fsp3) is 0.462. The fourth-order valence-electron chi connectivity index (χ4n) is 4.06. The Morgan fingerprint density at radius 2 is 1.48 bits per heavy atom. The highest BCUT2D eigenvalue weighted by Gasteiger charge is 2.15. The van der Waals surface area contributed by atoms with Crippen LogP contribution in [0.4, 0.5) is 0 Å². The van der Waals surface area contributed by atoms with Crippen molar-refractivity contribution < 1.29 is 4.74 Å². The van der Waals surface area contributed by atoms with Gasteiger partial charge in [-0.05, 0) is 66.5 Å². The molecule has 1 aliphatic carbocycles. The highest BCUT2D eigenvalue weighted by molar-refractivity contribution is 5.71. The van der Waals surface area contributed by atoms with Gasteiger partial charge in [0.1, 0.15) is 5.75 Å². The summed E-state index contributed by atoms with van der Waals surface area (Å²) in [5.41, 5.74) is 5.45. The molecule has 0 heterocycles. The van der Waals surface area contributed by atoms with Crippen LogP contribution in [0, 0.1) is 5.92 Å². The SMILES string of the molecule is CCCCCCC1CC=C(c2ccc(-c3ccc(OCC)cc3)cc2)CC1. The first-order valence-electron chi connectivity index (χ1n) is 10.8. The Kier molecular flexibility index (Phi) is 7.56.